The number of aryl methyl sites for hydroxylation is 1. The molecule has 2 aromatic rings. The summed E-state index contributed by atoms with van der Waals surface area (Å²) in [5, 5.41) is 11.0. The minimum atomic E-state index is -0.643. The summed E-state index contributed by atoms with van der Waals surface area (Å²) in [7, 11) is 0. The summed E-state index contributed by atoms with van der Waals surface area (Å²) < 4.78 is 19.1. The second-order valence-corrected chi connectivity index (χ2v) is 5.46. The Kier molecular flexibility index (Phi) is 4.80. The molecule has 7 heteroatoms. The topological polar surface area (TPSA) is 52.4 Å². The van der Waals surface area contributed by atoms with E-state index in [9.17, 15) is 14.5 Å². The van der Waals surface area contributed by atoms with Gasteiger partial charge in [-0.3, -0.25) is 10.1 Å². The van der Waals surface area contributed by atoms with Crippen molar-refractivity contribution in [3.8, 4) is 11.5 Å². The average Bonchev–Trinajstić information content (AvgIpc) is 2.44. The van der Waals surface area contributed by atoms with Crippen LogP contribution in [-0.4, -0.2) is 4.92 Å². The van der Waals surface area contributed by atoms with Crippen LogP contribution < -0.4 is 4.74 Å². The Balaban J connectivity index is 2.48. The highest BCUT2D eigenvalue weighted by Crippen LogP contribution is 2.37. The van der Waals surface area contributed by atoms with Crippen molar-refractivity contribution < 1.29 is 14.1 Å². The second kappa shape index (κ2) is 6.41. The molecule has 0 bridgehead atoms. The fourth-order valence-corrected chi connectivity index (χ4v) is 2.31. The summed E-state index contributed by atoms with van der Waals surface area (Å²) in [6, 6.07) is 7.28. The smallest absolute Gasteiger partial charge is 0.312 e. The van der Waals surface area contributed by atoms with E-state index in [4.69, 9.17) is 16.3 Å². The number of hydrogen-bond acceptors (Lipinski definition) is 3. The summed E-state index contributed by atoms with van der Waals surface area (Å²) in [5.41, 5.74) is 1.33. The molecule has 0 unspecified atom stereocenters. The largest absolute Gasteiger partial charge is 0.450 e. The first kappa shape index (κ1) is 15.7. The molecule has 0 fully saturated rings. The monoisotopic (exact) mass is 373 g/mol. The minimum Gasteiger partial charge on any atom is -0.450 e. The highest BCUT2D eigenvalue weighted by Gasteiger charge is 2.20. The van der Waals surface area contributed by atoms with E-state index in [1.807, 2.05) is 13.0 Å². The van der Waals surface area contributed by atoms with Gasteiger partial charge < -0.3 is 4.74 Å². The van der Waals surface area contributed by atoms with Crippen LogP contribution >= 0.6 is 27.5 Å². The average molecular weight is 375 g/mol. The molecule has 0 aliphatic heterocycles. The molecular formula is C14H10BrClFNO3. The van der Waals surface area contributed by atoms with Gasteiger partial charge in [0, 0.05) is 17.7 Å². The highest BCUT2D eigenvalue weighted by molar-refractivity contribution is 9.10. The first-order chi connectivity index (χ1) is 9.92. The normalized spacial score (nSPS) is 10.5. The molecule has 0 N–H and O–H groups in total. The quantitative estimate of drug-likeness (QED) is 0.412. The minimum absolute atomic E-state index is 0.00280. The van der Waals surface area contributed by atoms with Gasteiger partial charge in [0.25, 0.3) is 0 Å². The predicted octanol–water partition coefficient (Wildman–Crippen LogP) is 5.34. The van der Waals surface area contributed by atoms with E-state index >= 15 is 0 Å². The van der Waals surface area contributed by atoms with Gasteiger partial charge in [-0.25, -0.2) is 4.39 Å². The molecule has 0 saturated heterocycles. The number of ether oxygens (including phenoxy) is 1. The van der Waals surface area contributed by atoms with Crippen LogP contribution in [0, 0.1) is 22.9 Å². The number of alkyl halides is 1. The van der Waals surface area contributed by atoms with Gasteiger partial charge in [0.1, 0.15) is 11.6 Å². The van der Waals surface area contributed by atoms with Crippen molar-refractivity contribution in [1.29, 1.82) is 0 Å². The zero-order valence-electron chi connectivity index (χ0n) is 10.9. The zero-order chi connectivity index (χ0) is 15.6. The number of nitro benzene ring substituents is 1. The van der Waals surface area contributed by atoms with Gasteiger partial charge in [0.15, 0.2) is 0 Å². The third-order valence-corrected chi connectivity index (χ3v) is 3.67. The van der Waals surface area contributed by atoms with Crippen molar-refractivity contribution in [2.75, 3.05) is 0 Å². The van der Waals surface area contributed by atoms with Crippen molar-refractivity contribution >= 4 is 33.2 Å². The van der Waals surface area contributed by atoms with Crippen LogP contribution in [0.3, 0.4) is 0 Å². The van der Waals surface area contributed by atoms with Crippen LogP contribution in [0.5, 0.6) is 11.5 Å². The van der Waals surface area contributed by atoms with Crippen molar-refractivity contribution in [2.45, 2.75) is 12.8 Å². The molecule has 0 heterocycles. The third-order valence-electron chi connectivity index (χ3n) is 2.78. The van der Waals surface area contributed by atoms with Crippen molar-refractivity contribution in [2.24, 2.45) is 0 Å². The molecule has 0 aromatic heterocycles. The van der Waals surface area contributed by atoms with Crippen LogP contribution in [0.1, 0.15) is 11.1 Å². The number of halogens is 3. The maximum absolute atomic E-state index is 13.6. The fourth-order valence-electron chi connectivity index (χ4n) is 1.77. The lowest BCUT2D eigenvalue weighted by molar-refractivity contribution is -0.385. The predicted molar refractivity (Wildman–Crippen MR) is 81.6 cm³/mol. The van der Waals surface area contributed by atoms with Crippen LogP contribution in [0.15, 0.2) is 34.8 Å². The molecule has 0 spiro atoms. The van der Waals surface area contributed by atoms with E-state index in [2.05, 4.69) is 15.9 Å². The first-order valence-corrected chi connectivity index (χ1v) is 7.22. The summed E-state index contributed by atoms with van der Waals surface area (Å²) in [6.45, 7) is 1.89. The Labute approximate surface area is 133 Å². The second-order valence-electron chi connectivity index (χ2n) is 4.34. The number of hydrogen-bond donors (Lipinski definition) is 0. The van der Waals surface area contributed by atoms with Gasteiger partial charge in [0.2, 0.25) is 5.75 Å². The van der Waals surface area contributed by atoms with Crippen LogP contribution in [0.2, 0.25) is 0 Å². The van der Waals surface area contributed by atoms with Crippen molar-refractivity contribution in [1.82, 2.24) is 0 Å². The van der Waals surface area contributed by atoms with E-state index in [-0.39, 0.29) is 21.8 Å². The molecule has 2 aromatic carbocycles. The lowest BCUT2D eigenvalue weighted by atomic mass is 10.1. The van der Waals surface area contributed by atoms with Crippen molar-refractivity contribution in [3.63, 3.8) is 0 Å². The lowest BCUT2D eigenvalue weighted by Gasteiger charge is -2.11. The van der Waals surface area contributed by atoms with Crippen LogP contribution in [-0.2, 0) is 5.88 Å². The molecule has 2 rings (SSSR count). The molecule has 0 aliphatic carbocycles. The van der Waals surface area contributed by atoms with E-state index in [0.717, 1.165) is 17.7 Å². The first-order valence-electron chi connectivity index (χ1n) is 5.89. The van der Waals surface area contributed by atoms with E-state index in [0.29, 0.717) is 11.3 Å². The molecule has 0 amide bonds. The van der Waals surface area contributed by atoms with E-state index < -0.39 is 10.7 Å². The Morgan fingerprint density at radius 2 is 2.05 bits per heavy atom. The molecule has 0 aliphatic rings. The molecule has 21 heavy (non-hydrogen) atoms. The van der Waals surface area contributed by atoms with Gasteiger partial charge in [-0.05, 0) is 28.9 Å². The van der Waals surface area contributed by atoms with Gasteiger partial charge in [0.05, 0.1) is 15.3 Å². The molecule has 4 nitrogen and oxygen atoms in total. The maximum atomic E-state index is 13.6. The van der Waals surface area contributed by atoms with E-state index in [1.165, 1.54) is 0 Å². The Morgan fingerprint density at radius 3 is 2.67 bits per heavy atom. The summed E-state index contributed by atoms with van der Waals surface area (Å²) in [4.78, 5) is 10.4. The molecule has 0 radical (unpaired) electrons. The van der Waals surface area contributed by atoms with Gasteiger partial charge in [-0.2, -0.15) is 0 Å². The summed E-state index contributed by atoms with van der Waals surface area (Å²) in [5.74, 6) is -0.268. The Bertz CT molecular complexity index is 709. The van der Waals surface area contributed by atoms with Gasteiger partial charge >= 0.3 is 5.69 Å². The van der Waals surface area contributed by atoms with Crippen LogP contribution in [0.25, 0.3) is 0 Å². The summed E-state index contributed by atoms with van der Waals surface area (Å²) >= 11 is 8.75. The number of nitrogens with zero attached hydrogens (tertiary/aromatic N) is 1. The molecule has 110 valence electrons. The number of benzene rings is 2. The standard InChI is InChI=1S/C14H10BrClFNO3/c1-8-2-3-13(9(4-8)7-16)21-14-6-11(17)10(15)5-12(14)18(19)20/h2-6H,7H2,1H3. The number of rotatable bonds is 4. The highest BCUT2D eigenvalue weighted by atomic mass is 79.9. The Hall–Kier alpha value is -1.66. The molecular weight excluding hydrogens is 365 g/mol. The van der Waals surface area contributed by atoms with E-state index in [1.54, 1.807) is 12.1 Å². The maximum Gasteiger partial charge on any atom is 0.312 e. The van der Waals surface area contributed by atoms with Crippen molar-refractivity contribution in [3.05, 3.63) is 61.9 Å². The SMILES string of the molecule is Cc1ccc(Oc2cc(F)c(Br)cc2[N+](=O)[O-])c(CCl)c1. The van der Waals surface area contributed by atoms with Gasteiger partial charge in [-0.15, -0.1) is 11.6 Å². The lowest BCUT2D eigenvalue weighted by Crippen LogP contribution is -1.97. The van der Waals surface area contributed by atoms with Crippen LogP contribution in [0.4, 0.5) is 10.1 Å². The number of nitro groups is 1. The molecule has 0 saturated carbocycles. The van der Waals surface area contributed by atoms with Gasteiger partial charge in [-0.1, -0.05) is 17.7 Å². The summed E-state index contributed by atoms with van der Waals surface area (Å²) in [6.07, 6.45) is 0. The third kappa shape index (κ3) is 3.51. The zero-order valence-corrected chi connectivity index (χ0v) is 13.2. The Morgan fingerprint density at radius 1 is 1.33 bits per heavy atom. The fraction of sp³-hybridized carbons (Fsp3) is 0.143. The molecule has 0 atom stereocenters.